The van der Waals surface area contributed by atoms with E-state index >= 15 is 0 Å². The highest BCUT2D eigenvalue weighted by Crippen LogP contribution is 2.37. The highest BCUT2D eigenvalue weighted by Gasteiger charge is 2.33. The molecule has 170 valence electrons. The first-order valence-electron chi connectivity index (χ1n) is 9.73. The maximum Gasteiger partial charge on any atom is 0.416 e. The lowest BCUT2D eigenvalue weighted by Crippen LogP contribution is -2.12. The second-order valence-corrected chi connectivity index (χ2v) is 7.37. The highest BCUT2D eigenvalue weighted by molar-refractivity contribution is 5.77. The first-order chi connectivity index (χ1) is 15.1. The van der Waals surface area contributed by atoms with Gasteiger partial charge in [-0.25, -0.2) is 0 Å². The number of benzene rings is 2. The molecule has 0 bridgehead atoms. The van der Waals surface area contributed by atoms with Gasteiger partial charge in [-0.2, -0.15) is 28.6 Å². The molecule has 0 aliphatic rings. The summed E-state index contributed by atoms with van der Waals surface area (Å²) < 4.78 is 51.1. The smallest absolute Gasteiger partial charge is 0.416 e. The van der Waals surface area contributed by atoms with E-state index in [1.54, 1.807) is 25.1 Å². The van der Waals surface area contributed by atoms with Crippen molar-refractivity contribution >= 4 is 11.5 Å². The van der Waals surface area contributed by atoms with Crippen LogP contribution in [0.1, 0.15) is 47.3 Å². The summed E-state index contributed by atoms with van der Waals surface area (Å²) in [5.41, 5.74) is 6.66. The highest BCUT2D eigenvalue weighted by atomic mass is 19.4. The number of nitrogens with two attached hydrogens (primary N) is 1. The SMILES string of the molecule is COc1cc(C(CC(C)=O)c2n[nH]nc2C)ccc1OCc1ccc(N)cc1C(F)(F)F. The number of rotatable bonds is 8. The van der Waals surface area contributed by atoms with E-state index < -0.39 is 11.7 Å². The van der Waals surface area contributed by atoms with Crippen LogP contribution in [0.15, 0.2) is 36.4 Å². The molecule has 0 aliphatic carbocycles. The van der Waals surface area contributed by atoms with Crippen molar-refractivity contribution in [3.8, 4) is 11.5 Å². The van der Waals surface area contributed by atoms with Crippen LogP contribution >= 0.6 is 0 Å². The Morgan fingerprint density at radius 3 is 2.50 bits per heavy atom. The lowest BCUT2D eigenvalue weighted by molar-refractivity contribution is -0.138. The number of hydrogen-bond acceptors (Lipinski definition) is 6. The summed E-state index contributed by atoms with van der Waals surface area (Å²) in [4.78, 5) is 11.8. The minimum atomic E-state index is -4.56. The van der Waals surface area contributed by atoms with Gasteiger partial charge in [0.1, 0.15) is 12.4 Å². The summed E-state index contributed by atoms with van der Waals surface area (Å²) in [5, 5.41) is 10.7. The van der Waals surface area contributed by atoms with E-state index in [0.717, 1.165) is 11.6 Å². The Balaban J connectivity index is 1.89. The predicted octanol–water partition coefficient (Wildman–Crippen LogP) is 4.41. The molecule has 3 N–H and O–H groups in total. The molecule has 0 aliphatic heterocycles. The third-order valence-electron chi connectivity index (χ3n) is 4.99. The van der Waals surface area contributed by atoms with Crippen LogP contribution in [0.2, 0.25) is 0 Å². The summed E-state index contributed by atoms with van der Waals surface area (Å²) in [6, 6.07) is 8.57. The fourth-order valence-corrected chi connectivity index (χ4v) is 3.44. The van der Waals surface area contributed by atoms with E-state index in [0.29, 0.717) is 17.1 Å². The van der Waals surface area contributed by atoms with E-state index in [1.165, 1.54) is 26.2 Å². The number of ketones is 1. The number of hydrogen-bond donors (Lipinski definition) is 2. The van der Waals surface area contributed by atoms with Crippen LogP contribution in [0, 0.1) is 6.92 Å². The molecule has 0 saturated carbocycles. The van der Waals surface area contributed by atoms with Crippen molar-refractivity contribution in [3.05, 3.63) is 64.5 Å². The number of ether oxygens (including phenoxy) is 2. The fraction of sp³-hybridized carbons (Fsp3) is 0.318. The van der Waals surface area contributed by atoms with E-state index in [9.17, 15) is 18.0 Å². The minimum Gasteiger partial charge on any atom is -0.493 e. The van der Waals surface area contributed by atoms with Crippen molar-refractivity contribution in [1.29, 1.82) is 0 Å². The Morgan fingerprint density at radius 2 is 1.91 bits per heavy atom. The Kier molecular flexibility index (Phi) is 6.71. The second kappa shape index (κ2) is 9.29. The number of Topliss-reactive ketones (excluding diaryl/α,β-unsaturated/α-hetero) is 1. The van der Waals surface area contributed by atoms with Gasteiger partial charge in [-0.3, -0.25) is 4.79 Å². The lowest BCUT2D eigenvalue weighted by atomic mass is 9.90. The summed E-state index contributed by atoms with van der Waals surface area (Å²) in [6.45, 7) is 2.94. The first-order valence-corrected chi connectivity index (χ1v) is 9.73. The van der Waals surface area contributed by atoms with Crippen LogP contribution in [-0.4, -0.2) is 28.3 Å². The number of H-pyrrole nitrogens is 1. The average Bonchev–Trinajstić information content (AvgIpc) is 3.15. The van der Waals surface area contributed by atoms with Crippen LogP contribution in [0.25, 0.3) is 0 Å². The van der Waals surface area contributed by atoms with Gasteiger partial charge in [0.25, 0.3) is 0 Å². The molecule has 3 rings (SSSR count). The molecule has 0 spiro atoms. The summed E-state index contributed by atoms with van der Waals surface area (Å²) in [6.07, 6.45) is -4.35. The molecule has 1 atom stereocenters. The zero-order chi connectivity index (χ0) is 23.5. The number of nitrogens with zero attached hydrogens (tertiary/aromatic N) is 2. The third-order valence-corrected chi connectivity index (χ3v) is 4.99. The number of aryl methyl sites for hydroxylation is 1. The molecule has 0 fully saturated rings. The van der Waals surface area contributed by atoms with E-state index in [4.69, 9.17) is 15.2 Å². The number of methoxy groups -OCH3 is 1. The molecule has 1 heterocycles. The van der Waals surface area contributed by atoms with Gasteiger partial charge in [0.05, 0.1) is 24.1 Å². The molecule has 1 aromatic heterocycles. The Hall–Kier alpha value is -3.56. The fourth-order valence-electron chi connectivity index (χ4n) is 3.44. The van der Waals surface area contributed by atoms with Gasteiger partial charge in [-0.05, 0) is 43.7 Å². The zero-order valence-corrected chi connectivity index (χ0v) is 17.8. The number of alkyl halides is 3. The van der Waals surface area contributed by atoms with E-state index in [1.807, 2.05) is 0 Å². The molecular formula is C22H23F3N4O3. The largest absolute Gasteiger partial charge is 0.493 e. The molecular weight excluding hydrogens is 425 g/mol. The molecule has 32 heavy (non-hydrogen) atoms. The maximum absolute atomic E-state index is 13.3. The van der Waals surface area contributed by atoms with Crippen molar-refractivity contribution in [2.24, 2.45) is 0 Å². The van der Waals surface area contributed by atoms with Crippen LogP contribution in [-0.2, 0) is 17.6 Å². The van der Waals surface area contributed by atoms with Gasteiger partial charge in [0.15, 0.2) is 11.5 Å². The standard InChI is InChI=1S/C22H23F3N4O3/c1-12(30)8-17(21-13(2)27-29-28-21)14-5-7-19(20(9-14)31-3)32-11-15-4-6-16(26)10-18(15)22(23,24)25/h4-7,9-10,17H,8,11,26H2,1-3H3,(H,27,28,29). The predicted molar refractivity (Wildman–Crippen MR) is 111 cm³/mol. The molecule has 3 aromatic rings. The van der Waals surface area contributed by atoms with Gasteiger partial charge < -0.3 is 15.2 Å². The van der Waals surface area contributed by atoms with Crippen molar-refractivity contribution in [2.45, 2.75) is 39.0 Å². The molecule has 0 amide bonds. The van der Waals surface area contributed by atoms with Crippen LogP contribution < -0.4 is 15.2 Å². The summed E-state index contributed by atoms with van der Waals surface area (Å²) in [7, 11) is 1.43. The topological polar surface area (TPSA) is 103 Å². The number of carbonyl (C=O) groups excluding carboxylic acids is 1. The van der Waals surface area contributed by atoms with Gasteiger partial charge in [0.2, 0.25) is 0 Å². The van der Waals surface area contributed by atoms with Gasteiger partial charge in [-0.15, -0.1) is 0 Å². The Labute approximate surface area is 182 Å². The number of nitrogens with one attached hydrogen (secondary N) is 1. The maximum atomic E-state index is 13.3. The van der Waals surface area contributed by atoms with Gasteiger partial charge >= 0.3 is 6.18 Å². The van der Waals surface area contributed by atoms with Gasteiger partial charge in [-0.1, -0.05) is 12.1 Å². The lowest BCUT2D eigenvalue weighted by Gasteiger charge is -2.18. The molecule has 2 aromatic carbocycles. The second-order valence-electron chi connectivity index (χ2n) is 7.37. The van der Waals surface area contributed by atoms with Crippen molar-refractivity contribution in [2.75, 3.05) is 12.8 Å². The number of aromatic nitrogens is 3. The van der Waals surface area contributed by atoms with Crippen molar-refractivity contribution in [3.63, 3.8) is 0 Å². The number of halogens is 3. The zero-order valence-electron chi connectivity index (χ0n) is 17.8. The molecule has 1 unspecified atom stereocenters. The molecule has 0 saturated heterocycles. The quantitative estimate of drug-likeness (QED) is 0.495. The Bertz CT molecular complexity index is 1110. The summed E-state index contributed by atoms with van der Waals surface area (Å²) >= 11 is 0. The van der Waals surface area contributed by atoms with Crippen LogP contribution in [0.4, 0.5) is 18.9 Å². The van der Waals surface area contributed by atoms with Crippen molar-refractivity contribution < 1.29 is 27.4 Å². The number of anilines is 1. The molecule has 7 nitrogen and oxygen atoms in total. The molecule has 0 radical (unpaired) electrons. The monoisotopic (exact) mass is 448 g/mol. The minimum absolute atomic E-state index is 0.0164. The van der Waals surface area contributed by atoms with Crippen molar-refractivity contribution in [1.82, 2.24) is 15.4 Å². The normalized spacial score (nSPS) is 12.4. The van der Waals surface area contributed by atoms with Crippen LogP contribution in [0.5, 0.6) is 11.5 Å². The van der Waals surface area contributed by atoms with E-state index in [-0.39, 0.29) is 41.7 Å². The average molecular weight is 448 g/mol. The van der Waals surface area contributed by atoms with Gasteiger partial charge in [0, 0.05) is 23.6 Å². The first kappa shape index (κ1) is 23.1. The van der Waals surface area contributed by atoms with Crippen LogP contribution in [0.3, 0.4) is 0 Å². The number of aromatic amines is 1. The summed E-state index contributed by atoms with van der Waals surface area (Å²) in [5.74, 6) is 0.198. The number of nitrogen functional groups attached to an aromatic ring is 1. The third kappa shape index (κ3) is 5.19. The molecule has 10 heteroatoms. The van der Waals surface area contributed by atoms with E-state index in [2.05, 4.69) is 15.4 Å². The number of carbonyl (C=O) groups is 1. The Morgan fingerprint density at radius 1 is 1.16 bits per heavy atom.